The van der Waals surface area contributed by atoms with E-state index in [1.807, 2.05) is 0 Å². The van der Waals surface area contributed by atoms with Crippen molar-refractivity contribution in [2.45, 2.75) is 24.8 Å². The Balaban J connectivity index is 2.66. The molecule has 0 aliphatic heterocycles. The van der Waals surface area contributed by atoms with E-state index in [2.05, 4.69) is 4.74 Å². The number of carbonyl (C=O) groups is 1. The second-order valence-electron chi connectivity index (χ2n) is 3.93. The van der Waals surface area contributed by atoms with Gasteiger partial charge in [0.1, 0.15) is 6.04 Å². The van der Waals surface area contributed by atoms with E-state index < -0.39 is 30.8 Å². The molecular weight excluding hydrogens is 244 g/mol. The van der Waals surface area contributed by atoms with Crippen LogP contribution in [0.5, 0.6) is 0 Å². The number of halogens is 2. The first-order valence-corrected chi connectivity index (χ1v) is 5.38. The van der Waals surface area contributed by atoms with Crippen molar-refractivity contribution >= 4 is 5.97 Å². The Morgan fingerprint density at radius 1 is 1.44 bits per heavy atom. The molecule has 0 aromatic heterocycles. The number of hydroxylamine groups is 1. The summed E-state index contributed by atoms with van der Waals surface area (Å²) in [6, 6.07) is 6.77. The van der Waals surface area contributed by atoms with Gasteiger partial charge in [0.15, 0.2) is 0 Å². The molecule has 0 saturated carbocycles. The molecule has 0 amide bonds. The van der Waals surface area contributed by atoms with Crippen molar-refractivity contribution in [3.8, 4) is 0 Å². The minimum Gasteiger partial charge on any atom is -0.468 e. The number of carbonyl (C=O) groups excluding carboxylic acids is 1. The van der Waals surface area contributed by atoms with E-state index in [1.165, 1.54) is 0 Å². The summed E-state index contributed by atoms with van der Waals surface area (Å²) in [5.41, 5.74) is 2.00. The molecule has 0 unspecified atom stereocenters. The third-order valence-electron chi connectivity index (χ3n) is 2.45. The first-order chi connectivity index (χ1) is 8.48. The van der Waals surface area contributed by atoms with Gasteiger partial charge < -0.3 is 9.94 Å². The molecule has 1 aromatic carbocycles. The molecule has 2 N–H and O–H groups in total. The number of alkyl halides is 2. The number of ether oxygens (including phenoxy) is 1. The second-order valence-corrected chi connectivity index (χ2v) is 3.93. The van der Waals surface area contributed by atoms with Gasteiger partial charge in [0.2, 0.25) is 0 Å². The zero-order chi connectivity index (χ0) is 13.6. The minimum atomic E-state index is -3.12. The number of nitrogens with one attached hydrogen (secondary N) is 1. The quantitative estimate of drug-likeness (QED) is 0.604. The highest BCUT2D eigenvalue weighted by Gasteiger charge is 2.36. The number of methoxy groups -OCH3 is 1. The molecule has 0 radical (unpaired) electrons. The van der Waals surface area contributed by atoms with Crippen molar-refractivity contribution in [3.05, 3.63) is 35.9 Å². The zero-order valence-electron chi connectivity index (χ0n) is 9.90. The van der Waals surface area contributed by atoms with Crippen LogP contribution in [0.4, 0.5) is 8.78 Å². The van der Waals surface area contributed by atoms with E-state index in [0.717, 1.165) is 7.11 Å². The van der Waals surface area contributed by atoms with E-state index in [0.29, 0.717) is 5.56 Å². The van der Waals surface area contributed by atoms with Gasteiger partial charge in [0, 0.05) is 12.8 Å². The largest absolute Gasteiger partial charge is 0.468 e. The van der Waals surface area contributed by atoms with Crippen LogP contribution >= 0.6 is 0 Å². The third-order valence-corrected chi connectivity index (χ3v) is 2.45. The molecule has 4 nitrogen and oxygen atoms in total. The first kappa shape index (κ1) is 14.5. The SMILES string of the molecule is COC(=O)[C@H](CC(F)(F)Cc1ccccc1)NO. The lowest BCUT2D eigenvalue weighted by Crippen LogP contribution is -2.41. The maximum Gasteiger partial charge on any atom is 0.325 e. The Hall–Kier alpha value is -1.53. The smallest absolute Gasteiger partial charge is 0.325 e. The maximum absolute atomic E-state index is 13.7. The molecule has 0 spiro atoms. The molecule has 0 aliphatic rings. The fourth-order valence-electron chi connectivity index (χ4n) is 1.59. The highest BCUT2D eigenvalue weighted by molar-refractivity contribution is 5.75. The van der Waals surface area contributed by atoms with Crippen LogP contribution in [-0.4, -0.2) is 30.3 Å². The van der Waals surface area contributed by atoms with Gasteiger partial charge in [0.25, 0.3) is 5.92 Å². The molecule has 1 atom stereocenters. The van der Waals surface area contributed by atoms with Gasteiger partial charge in [-0.3, -0.25) is 4.79 Å². The van der Waals surface area contributed by atoms with Crippen molar-refractivity contribution in [3.63, 3.8) is 0 Å². The van der Waals surface area contributed by atoms with Crippen molar-refractivity contribution < 1.29 is 23.5 Å². The number of esters is 1. The van der Waals surface area contributed by atoms with Gasteiger partial charge in [-0.2, -0.15) is 5.48 Å². The molecule has 6 heteroatoms. The van der Waals surface area contributed by atoms with Crippen LogP contribution in [0.3, 0.4) is 0 Å². The van der Waals surface area contributed by atoms with Gasteiger partial charge in [0.05, 0.1) is 7.11 Å². The summed E-state index contributed by atoms with van der Waals surface area (Å²) in [7, 11) is 1.07. The molecular formula is C12H15F2NO3. The standard InChI is InChI=1S/C12H15F2NO3/c1-18-11(16)10(15-17)8-12(13,14)7-9-5-3-2-4-6-9/h2-6,10,15,17H,7-8H2,1H3/t10-/m0/s1. The fraction of sp³-hybridized carbons (Fsp3) is 0.417. The Kier molecular flexibility index (Phi) is 5.18. The highest BCUT2D eigenvalue weighted by Crippen LogP contribution is 2.25. The maximum atomic E-state index is 13.7. The molecule has 0 fully saturated rings. The van der Waals surface area contributed by atoms with Crippen LogP contribution in [0.15, 0.2) is 30.3 Å². The van der Waals surface area contributed by atoms with Gasteiger partial charge >= 0.3 is 5.97 Å². The van der Waals surface area contributed by atoms with E-state index in [4.69, 9.17) is 5.21 Å². The third kappa shape index (κ3) is 4.38. The van der Waals surface area contributed by atoms with Crippen molar-refractivity contribution in [2.75, 3.05) is 7.11 Å². The molecule has 100 valence electrons. The molecule has 1 rings (SSSR count). The minimum absolute atomic E-state index is 0.462. The predicted octanol–water partition coefficient (Wildman–Crippen LogP) is 1.77. The van der Waals surface area contributed by atoms with Crippen molar-refractivity contribution in [1.29, 1.82) is 0 Å². The fourth-order valence-corrected chi connectivity index (χ4v) is 1.59. The van der Waals surface area contributed by atoms with Gasteiger partial charge in [-0.1, -0.05) is 30.3 Å². The van der Waals surface area contributed by atoms with Crippen LogP contribution < -0.4 is 5.48 Å². The van der Waals surface area contributed by atoms with Crippen LogP contribution in [0.2, 0.25) is 0 Å². The van der Waals surface area contributed by atoms with Gasteiger partial charge in [-0.25, -0.2) is 8.78 Å². The second kappa shape index (κ2) is 6.42. The monoisotopic (exact) mass is 259 g/mol. The van der Waals surface area contributed by atoms with Crippen LogP contribution in [0.1, 0.15) is 12.0 Å². The van der Waals surface area contributed by atoms with Crippen molar-refractivity contribution in [1.82, 2.24) is 5.48 Å². The number of hydrogen-bond acceptors (Lipinski definition) is 4. The summed E-state index contributed by atoms with van der Waals surface area (Å²) >= 11 is 0. The molecule has 0 heterocycles. The van der Waals surface area contributed by atoms with Gasteiger partial charge in [-0.05, 0) is 5.56 Å². The molecule has 1 aromatic rings. The zero-order valence-corrected chi connectivity index (χ0v) is 9.90. The predicted molar refractivity (Wildman–Crippen MR) is 60.4 cm³/mol. The summed E-state index contributed by atoms with van der Waals surface area (Å²) in [5, 5.41) is 8.67. The molecule has 0 bridgehead atoms. The Labute approximate surface area is 104 Å². The number of rotatable bonds is 6. The lowest BCUT2D eigenvalue weighted by atomic mass is 10.0. The molecule has 0 saturated heterocycles. The first-order valence-electron chi connectivity index (χ1n) is 5.38. The Morgan fingerprint density at radius 3 is 2.56 bits per heavy atom. The number of benzene rings is 1. The lowest BCUT2D eigenvalue weighted by molar-refractivity contribution is -0.149. The summed E-state index contributed by atoms with van der Waals surface area (Å²) in [6.07, 6.45) is -1.33. The highest BCUT2D eigenvalue weighted by atomic mass is 19.3. The van der Waals surface area contributed by atoms with Crippen molar-refractivity contribution in [2.24, 2.45) is 0 Å². The number of hydrogen-bond donors (Lipinski definition) is 2. The van der Waals surface area contributed by atoms with Crippen LogP contribution in [0, 0.1) is 0 Å². The Morgan fingerprint density at radius 2 is 2.06 bits per heavy atom. The lowest BCUT2D eigenvalue weighted by Gasteiger charge is -2.20. The van der Waals surface area contributed by atoms with E-state index >= 15 is 0 Å². The Bertz CT molecular complexity index is 384. The summed E-state index contributed by atoms with van der Waals surface area (Å²) in [6.45, 7) is 0. The summed E-state index contributed by atoms with van der Waals surface area (Å²) in [5.74, 6) is -4.04. The van der Waals surface area contributed by atoms with Crippen LogP contribution in [0.25, 0.3) is 0 Å². The topological polar surface area (TPSA) is 58.6 Å². The average molecular weight is 259 g/mol. The molecule has 18 heavy (non-hydrogen) atoms. The van der Waals surface area contributed by atoms with E-state index in [-0.39, 0.29) is 0 Å². The summed E-state index contributed by atoms with van der Waals surface area (Å²) < 4.78 is 31.7. The van der Waals surface area contributed by atoms with Crippen LogP contribution in [-0.2, 0) is 16.0 Å². The molecule has 0 aliphatic carbocycles. The van der Waals surface area contributed by atoms with E-state index in [9.17, 15) is 13.6 Å². The van der Waals surface area contributed by atoms with E-state index in [1.54, 1.807) is 35.8 Å². The summed E-state index contributed by atoms with van der Waals surface area (Å²) in [4.78, 5) is 11.1. The van der Waals surface area contributed by atoms with Gasteiger partial charge in [-0.15, -0.1) is 0 Å². The normalized spacial score (nSPS) is 13.1. The average Bonchev–Trinajstić information content (AvgIpc) is 2.35.